The van der Waals surface area contributed by atoms with Gasteiger partial charge in [0.15, 0.2) is 15.5 Å². The Morgan fingerprint density at radius 2 is 1.59 bits per heavy atom. The Morgan fingerprint density at radius 3 is 2.15 bits per heavy atom. The molecule has 1 amide bonds. The van der Waals surface area contributed by atoms with E-state index in [1.807, 2.05) is 0 Å². The lowest BCUT2D eigenvalue weighted by molar-refractivity contribution is -0.145. The van der Waals surface area contributed by atoms with Crippen molar-refractivity contribution in [1.82, 2.24) is 25.1 Å². The molecule has 1 unspecified atom stereocenters. The van der Waals surface area contributed by atoms with Crippen LogP contribution in [0.15, 0.2) is 47.8 Å². The van der Waals surface area contributed by atoms with Gasteiger partial charge in [-0.1, -0.05) is 0 Å². The number of sulfone groups is 1. The molecule has 1 N–H and O–H groups in total. The van der Waals surface area contributed by atoms with E-state index in [0.29, 0.717) is 29.9 Å². The number of carbonyl (C=O) groups excluding carboxylic acids is 1. The van der Waals surface area contributed by atoms with Crippen molar-refractivity contribution in [2.24, 2.45) is 17.8 Å². The van der Waals surface area contributed by atoms with E-state index in [2.05, 4.69) is 20.4 Å². The van der Waals surface area contributed by atoms with Crippen LogP contribution >= 0.6 is 0 Å². The fourth-order valence-electron chi connectivity index (χ4n) is 5.22. The zero-order valence-electron chi connectivity index (χ0n) is 19.5. The lowest BCUT2D eigenvalue weighted by Gasteiger charge is -2.24. The van der Waals surface area contributed by atoms with Gasteiger partial charge in [-0.05, 0) is 48.9 Å². The molecule has 3 aromatic rings. The van der Waals surface area contributed by atoms with E-state index in [-0.39, 0.29) is 22.4 Å². The summed E-state index contributed by atoms with van der Waals surface area (Å²) in [6.45, 7) is -0.674. The number of hydrogen-bond donors (Lipinski definition) is 1. The largest absolute Gasteiger partial charge is 0.451 e. The topological polar surface area (TPSA) is 107 Å². The quantitative estimate of drug-likeness (QED) is 0.351. The first-order valence-corrected chi connectivity index (χ1v) is 13.0. The second-order valence-corrected chi connectivity index (χ2v) is 11.5. The summed E-state index contributed by atoms with van der Waals surface area (Å²) in [5, 5.41) is 4.66. The highest BCUT2D eigenvalue weighted by Gasteiger charge is 2.60. The van der Waals surface area contributed by atoms with Gasteiger partial charge in [-0.25, -0.2) is 27.5 Å². The standard InChI is InChI=1S/C23H18F7N5O3S/c24-14-1-3-16(4-2-14)39(37,38)18-12-5-11(6-12)17(18)20(36)31-7-13-10-35(34-19(13)22(25,26)27)15-8-32-21(33-9-15)23(28,29)30/h1-4,8-12,17-18H,5-7H2,(H,31,36)/t11?,12?,17-,18?/m1/s1. The van der Waals surface area contributed by atoms with Crippen LogP contribution in [-0.2, 0) is 33.5 Å². The average Bonchev–Trinajstić information content (AvgIpc) is 3.54. The zero-order chi connectivity index (χ0) is 28.3. The van der Waals surface area contributed by atoms with Crippen LogP contribution in [-0.4, -0.2) is 39.3 Å². The van der Waals surface area contributed by atoms with Crippen LogP contribution in [0, 0.1) is 23.6 Å². The highest BCUT2D eigenvalue weighted by atomic mass is 32.2. The molecule has 0 spiro atoms. The number of carbonyl (C=O) groups is 1. The summed E-state index contributed by atoms with van der Waals surface area (Å²) in [5.41, 5.74) is -2.18. The van der Waals surface area contributed by atoms with Crippen LogP contribution in [0.2, 0.25) is 0 Å². The molecule has 2 atom stereocenters. The van der Waals surface area contributed by atoms with Crippen molar-refractivity contribution in [3.63, 3.8) is 0 Å². The molecule has 2 bridgehead atoms. The number of alkyl halides is 6. The molecule has 0 saturated heterocycles. The van der Waals surface area contributed by atoms with Gasteiger partial charge in [-0.2, -0.15) is 31.4 Å². The van der Waals surface area contributed by atoms with Crippen LogP contribution in [0.4, 0.5) is 30.7 Å². The third-order valence-corrected chi connectivity index (χ3v) is 9.33. The van der Waals surface area contributed by atoms with Crippen molar-refractivity contribution in [2.75, 3.05) is 0 Å². The van der Waals surface area contributed by atoms with Crippen molar-refractivity contribution in [2.45, 2.75) is 41.9 Å². The lowest BCUT2D eigenvalue weighted by Crippen LogP contribution is -2.39. The minimum absolute atomic E-state index is 0.154. The van der Waals surface area contributed by atoms with E-state index >= 15 is 0 Å². The maximum Gasteiger partial charge on any atom is 0.451 e. The molecular weight excluding hydrogens is 559 g/mol. The highest BCUT2D eigenvalue weighted by Crippen LogP contribution is 2.56. The Hall–Kier alpha value is -3.56. The molecule has 1 aromatic carbocycles. The molecule has 3 aliphatic rings. The Balaban J connectivity index is 1.37. The molecular formula is C23H18F7N5O3S. The van der Waals surface area contributed by atoms with Crippen molar-refractivity contribution in [1.29, 1.82) is 0 Å². The second-order valence-electron chi connectivity index (χ2n) is 9.41. The van der Waals surface area contributed by atoms with Crippen molar-refractivity contribution >= 4 is 15.7 Å². The van der Waals surface area contributed by atoms with Crippen LogP contribution in [0.25, 0.3) is 5.69 Å². The first-order chi connectivity index (χ1) is 18.2. The zero-order valence-corrected chi connectivity index (χ0v) is 20.4. The van der Waals surface area contributed by atoms with Gasteiger partial charge in [0.25, 0.3) is 0 Å². The van der Waals surface area contributed by atoms with Gasteiger partial charge in [-0.3, -0.25) is 4.79 Å². The maximum absolute atomic E-state index is 13.7. The molecule has 39 heavy (non-hydrogen) atoms. The Bertz CT molecular complexity index is 1500. The number of nitrogens with zero attached hydrogens (tertiary/aromatic N) is 4. The van der Waals surface area contributed by atoms with Crippen molar-refractivity contribution < 1.29 is 43.9 Å². The fourth-order valence-corrected chi connectivity index (χ4v) is 7.51. The summed E-state index contributed by atoms with van der Waals surface area (Å²) in [4.78, 5) is 19.1. The Morgan fingerprint density at radius 1 is 0.974 bits per heavy atom. The number of rotatable bonds is 6. The van der Waals surface area contributed by atoms with E-state index < -0.39 is 68.7 Å². The van der Waals surface area contributed by atoms with Crippen LogP contribution < -0.4 is 5.32 Å². The number of nitrogens with one attached hydrogen (secondary N) is 1. The number of fused-ring (bicyclic) bond motifs is 1. The van der Waals surface area contributed by atoms with Crippen molar-refractivity contribution in [3.05, 3.63) is 65.8 Å². The van der Waals surface area contributed by atoms with Crippen LogP contribution in [0.5, 0.6) is 0 Å². The molecule has 6 rings (SSSR count). The van der Waals surface area contributed by atoms with Crippen molar-refractivity contribution in [3.8, 4) is 5.69 Å². The highest BCUT2D eigenvalue weighted by molar-refractivity contribution is 7.92. The Labute approximate surface area is 216 Å². The normalized spacial score (nSPS) is 22.9. The molecule has 208 valence electrons. The maximum atomic E-state index is 13.7. The lowest BCUT2D eigenvalue weighted by atomic mass is 9.82. The van der Waals surface area contributed by atoms with Gasteiger partial charge in [0.1, 0.15) is 11.5 Å². The summed E-state index contributed by atoms with van der Waals surface area (Å²) in [6.07, 6.45) is -6.72. The number of amides is 1. The first kappa shape index (κ1) is 27.0. The molecule has 0 aliphatic heterocycles. The van der Waals surface area contributed by atoms with Crippen LogP contribution in [0.1, 0.15) is 29.9 Å². The van der Waals surface area contributed by atoms with Gasteiger partial charge in [0.2, 0.25) is 11.7 Å². The van der Waals surface area contributed by atoms with Gasteiger partial charge >= 0.3 is 12.4 Å². The second kappa shape index (κ2) is 9.27. The third-order valence-electron chi connectivity index (χ3n) is 7.01. The molecule has 3 fully saturated rings. The summed E-state index contributed by atoms with van der Waals surface area (Å²) in [6, 6.07) is 4.17. The molecule has 2 heterocycles. The van der Waals surface area contributed by atoms with Gasteiger partial charge < -0.3 is 5.32 Å². The van der Waals surface area contributed by atoms with Gasteiger partial charge in [-0.15, -0.1) is 0 Å². The third kappa shape index (κ3) is 4.96. The smallest absolute Gasteiger partial charge is 0.352 e. The average molecular weight is 577 g/mol. The molecule has 8 nitrogen and oxygen atoms in total. The molecule has 16 heteroatoms. The van der Waals surface area contributed by atoms with Gasteiger partial charge in [0.05, 0.1) is 28.5 Å². The number of benzene rings is 1. The monoisotopic (exact) mass is 577 g/mol. The summed E-state index contributed by atoms with van der Waals surface area (Å²) in [5.74, 6) is -4.48. The first-order valence-electron chi connectivity index (χ1n) is 11.5. The van der Waals surface area contributed by atoms with E-state index in [0.717, 1.165) is 30.5 Å². The summed E-state index contributed by atoms with van der Waals surface area (Å²) < 4.78 is 120. The SMILES string of the molecule is O=C(NCc1cn(-c2cnc(C(F)(F)F)nc2)nc1C(F)(F)F)[C@@H]1C2CC(C2)C1S(=O)(=O)c1ccc(F)cc1. The number of hydrogen-bond acceptors (Lipinski definition) is 6. The number of aromatic nitrogens is 4. The predicted molar refractivity (Wildman–Crippen MR) is 118 cm³/mol. The number of halogens is 7. The van der Waals surface area contributed by atoms with E-state index in [1.54, 1.807) is 0 Å². The molecule has 3 aliphatic carbocycles. The van der Waals surface area contributed by atoms with E-state index in [9.17, 15) is 43.9 Å². The Kier molecular flexibility index (Phi) is 6.43. The molecule has 0 radical (unpaired) electrons. The summed E-state index contributed by atoms with van der Waals surface area (Å²) >= 11 is 0. The fraction of sp³-hybridized carbons (Fsp3) is 0.391. The minimum atomic E-state index is -4.97. The van der Waals surface area contributed by atoms with Gasteiger partial charge in [0, 0.05) is 18.3 Å². The molecule has 3 saturated carbocycles. The minimum Gasteiger partial charge on any atom is -0.352 e. The summed E-state index contributed by atoms with van der Waals surface area (Å²) in [7, 11) is -4.04. The van der Waals surface area contributed by atoms with E-state index in [4.69, 9.17) is 0 Å². The molecule has 2 aromatic heterocycles. The van der Waals surface area contributed by atoms with Crippen LogP contribution in [0.3, 0.4) is 0 Å². The predicted octanol–water partition coefficient (Wildman–Crippen LogP) is 3.95. The van der Waals surface area contributed by atoms with E-state index in [1.165, 1.54) is 0 Å².